The number of benzene rings is 2. The van der Waals surface area contributed by atoms with E-state index in [-0.39, 0.29) is 6.04 Å². The summed E-state index contributed by atoms with van der Waals surface area (Å²) < 4.78 is 5.31. The zero-order chi connectivity index (χ0) is 23.2. The van der Waals surface area contributed by atoms with E-state index in [1.807, 2.05) is 44.2 Å². The van der Waals surface area contributed by atoms with Gasteiger partial charge in [0, 0.05) is 17.0 Å². The minimum absolute atomic E-state index is 0.154. The average Bonchev–Trinajstić information content (AvgIpc) is 3.11. The smallest absolute Gasteiger partial charge is 0.412 e. The first-order chi connectivity index (χ1) is 14.7. The van der Waals surface area contributed by atoms with Crippen LogP contribution in [0.4, 0.5) is 16.2 Å². The second-order valence-corrected chi connectivity index (χ2v) is 8.27. The van der Waals surface area contributed by atoms with Gasteiger partial charge in [0.2, 0.25) is 0 Å². The molecule has 0 bridgehead atoms. The zero-order valence-electron chi connectivity index (χ0n) is 19.2. The molecule has 0 spiro atoms. The first-order valence-electron chi connectivity index (χ1n) is 10.7. The fourth-order valence-electron chi connectivity index (χ4n) is 3.51. The van der Waals surface area contributed by atoms with Gasteiger partial charge in [0.15, 0.2) is 0 Å². The molecule has 3 rings (SSSR count). The second-order valence-electron chi connectivity index (χ2n) is 8.27. The van der Waals surface area contributed by atoms with Crippen molar-refractivity contribution < 1.29 is 9.53 Å². The average molecular weight is 421 g/mol. The van der Waals surface area contributed by atoms with Crippen molar-refractivity contribution >= 4 is 23.2 Å². The quantitative estimate of drug-likeness (QED) is 0.497. The highest BCUT2D eigenvalue weighted by molar-refractivity contribution is 6.04. The number of ether oxygens (including phenoxy) is 1. The van der Waals surface area contributed by atoms with Gasteiger partial charge in [-0.15, -0.1) is 0 Å². The van der Waals surface area contributed by atoms with Crippen LogP contribution in [0, 0.1) is 16.7 Å². The molecule has 1 amide bonds. The lowest BCUT2D eigenvalue weighted by Crippen LogP contribution is -2.27. The Labute approximate surface area is 185 Å². The summed E-state index contributed by atoms with van der Waals surface area (Å²) in [7, 11) is 0. The molecular formula is C25H32N4O2. The molecule has 2 aromatic carbocycles. The van der Waals surface area contributed by atoms with Crippen molar-refractivity contribution in [2.75, 3.05) is 10.6 Å². The number of nitriles is 1. The molecule has 0 aliphatic heterocycles. The van der Waals surface area contributed by atoms with E-state index >= 15 is 0 Å². The summed E-state index contributed by atoms with van der Waals surface area (Å²) >= 11 is 0. The number of carbonyl (C=O) groups is 1. The monoisotopic (exact) mass is 420 g/mol. The Morgan fingerprint density at radius 3 is 2.52 bits per heavy atom. The standard InChI is InChI=1S/C23H26N4O2.C2H6/c1-14(25)19-12-17(7-10-21(19)27-22(28)29-23(2,3)4)26-20-9-6-16-11-15(13-24)5-8-18(16)20;1-2/h5,7-8,10-12,20,25-26H,6,9H2,1-4H3,(H,27,28);1-2H3. The number of nitrogens with zero attached hydrogens (tertiary/aromatic N) is 1. The zero-order valence-corrected chi connectivity index (χ0v) is 19.2. The van der Waals surface area contributed by atoms with Crippen molar-refractivity contribution in [3.8, 4) is 6.07 Å². The van der Waals surface area contributed by atoms with E-state index in [9.17, 15) is 4.79 Å². The van der Waals surface area contributed by atoms with Gasteiger partial charge in [-0.25, -0.2) is 4.79 Å². The molecule has 1 atom stereocenters. The van der Waals surface area contributed by atoms with Crippen molar-refractivity contribution in [1.29, 1.82) is 10.7 Å². The first kappa shape index (κ1) is 23.9. The molecule has 164 valence electrons. The topological polar surface area (TPSA) is 98.0 Å². The van der Waals surface area contributed by atoms with Gasteiger partial charge in [-0.3, -0.25) is 5.32 Å². The number of amides is 1. The summed E-state index contributed by atoms with van der Waals surface area (Å²) in [5.74, 6) is 0. The highest BCUT2D eigenvalue weighted by Gasteiger charge is 2.23. The van der Waals surface area contributed by atoms with Crippen molar-refractivity contribution in [3.63, 3.8) is 0 Å². The molecule has 2 aromatic rings. The molecule has 1 aliphatic carbocycles. The van der Waals surface area contributed by atoms with E-state index in [0.29, 0.717) is 22.5 Å². The van der Waals surface area contributed by atoms with Gasteiger partial charge >= 0.3 is 6.09 Å². The van der Waals surface area contributed by atoms with Gasteiger partial charge in [-0.1, -0.05) is 19.9 Å². The molecular weight excluding hydrogens is 388 g/mol. The van der Waals surface area contributed by atoms with Crippen LogP contribution in [0.3, 0.4) is 0 Å². The summed E-state index contributed by atoms with van der Waals surface area (Å²) in [5.41, 5.74) is 4.91. The largest absolute Gasteiger partial charge is 0.444 e. The third-order valence-electron chi connectivity index (χ3n) is 4.75. The highest BCUT2D eigenvalue weighted by Crippen LogP contribution is 2.35. The first-order valence-corrected chi connectivity index (χ1v) is 10.7. The van der Waals surface area contributed by atoms with Gasteiger partial charge in [-0.05, 0) is 82.0 Å². The second kappa shape index (κ2) is 10.1. The number of rotatable bonds is 4. The Balaban J connectivity index is 0.00000166. The number of hydrogen-bond donors (Lipinski definition) is 3. The van der Waals surface area contributed by atoms with Gasteiger partial charge < -0.3 is 15.5 Å². The number of anilines is 2. The molecule has 0 radical (unpaired) electrons. The molecule has 1 unspecified atom stereocenters. The SMILES string of the molecule is CC.CC(=N)c1cc(NC2CCc3cc(C#N)ccc32)ccc1NC(=O)OC(C)(C)C. The Kier molecular flexibility index (Phi) is 7.82. The Bertz CT molecular complexity index is 1000. The van der Waals surface area contributed by atoms with Crippen LogP contribution in [0.1, 0.15) is 76.3 Å². The predicted molar refractivity (Wildman–Crippen MR) is 126 cm³/mol. The summed E-state index contributed by atoms with van der Waals surface area (Å²) in [6, 6.07) is 13.7. The van der Waals surface area contributed by atoms with Crippen molar-refractivity contribution in [1.82, 2.24) is 0 Å². The van der Waals surface area contributed by atoms with Crippen LogP contribution in [-0.2, 0) is 11.2 Å². The lowest BCUT2D eigenvalue weighted by Gasteiger charge is -2.21. The number of aryl methyl sites for hydroxylation is 1. The lowest BCUT2D eigenvalue weighted by atomic mass is 10.0. The molecule has 6 heteroatoms. The van der Waals surface area contributed by atoms with Crippen molar-refractivity contribution in [3.05, 3.63) is 58.7 Å². The molecule has 31 heavy (non-hydrogen) atoms. The molecule has 6 nitrogen and oxygen atoms in total. The van der Waals surface area contributed by atoms with Gasteiger partial charge in [-0.2, -0.15) is 5.26 Å². The van der Waals surface area contributed by atoms with Crippen molar-refractivity contribution in [2.24, 2.45) is 0 Å². The van der Waals surface area contributed by atoms with Gasteiger partial charge in [0.25, 0.3) is 0 Å². The van der Waals surface area contributed by atoms with Crippen LogP contribution < -0.4 is 10.6 Å². The predicted octanol–water partition coefficient (Wildman–Crippen LogP) is 6.42. The van der Waals surface area contributed by atoms with Crippen LogP contribution in [0.2, 0.25) is 0 Å². The van der Waals surface area contributed by atoms with Crippen molar-refractivity contribution in [2.45, 2.75) is 66.0 Å². The number of fused-ring (bicyclic) bond motifs is 1. The maximum atomic E-state index is 12.1. The normalized spacial score (nSPS) is 14.4. The van der Waals surface area contributed by atoms with E-state index in [1.54, 1.807) is 33.8 Å². The van der Waals surface area contributed by atoms with Crippen LogP contribution in [-0.4, -0.2) is 17.4 Å². The van der Waals surface area contributed by atoms with Gasteiger partial charge in [0.05, 0.1) is 23.4 Å². The van der Waals surface area contributed by atoms with E-state index in [1.165, 1.54) is 11.1 Å². The number of nitrogens with one attached hydrogen (secondary N) is 3. The van der Waals surface area contributed by atoms with E-state index in [2.05, 4.69) is 16.7 Å². The van der Waals surface area contributed by atoms with Gasteiger partial charge in [0.1, 0.15) is 5.60 Å². The fraction of sp³-hybridized carbons (Fsp3) is 0.400. The molecule has 1 aliphatic rings. The molecule has 0 fully saturated rings. The third kappa shape index (κ3) is 6.32. The maximum absolute atomic E-state index is 12.1. The summed E-state index contributed by atoms with van der Waals surface area (Å²) in [6.07, 6.45) is 1.33. The number of hydrogen-bond acceptors (Lipinski definition) is 5. The minimum Gasteiger partial charge on any atom is -0.444 e. The Hall–Kier alpha value is -3.33. The fourth-order valence-corrected chi connectivity index (χ4v) is 3.51. The highest BCUT2D eigenvalue weighted by atomic mass is 16.6. The minimum atomic E-state index is -0.591. The van der Waals surface area contributed by atoms with E-state index < -0.39 is 11.7 Å². The molecule has 0 saturated carbocycles. The molecule has 0 heterocycles. The van der Waals surface area contributed by atoms with E-state index in [0.717, 1.165) is 18.5 Å². The molecule has 0 aromatic heterocycles. The Morgan fingerprint density at radius 1 is 1.19 bits per heavy atom. The summed E-state index contributed by atoms with van der Waals surface area (Å²) in [4.78, 5) is 12.1. The third-order valence-corrected chi connectivity index (χ3v) is 4.75. The Morgan fingerprint density at radius 2 is 1.90 bits per heavy atom. The van der Waals surface area contributed by atoms with E-state index in [4.69, 9.17) is 15.4 Å². The van der Waals surface area contributed by atoms with Crippen LogP contribution in [0.5, 0.6) is 0 Å². The van der Waals surface area contributed by atoms with Crippen LogP contribution in [0.15, 0.2) is 36.4 Å². The maximum Gasteiger partial charge on any atom is 0.412 e. The lowest BCUT2D eigenvalue weighted by molar-refractivity contribution is 0.0636. The molecule has 0 saturated heterocycles. The molecule has 3 N–H and O–H groups in total. The van der Waals surface area contributed by atoms with Crippen LogP contribution >= 0.6 is 0 Å². The van der Waals surface area contributed by atoms with Crippen LogP contribution in [0.25, 0.3) is 0 Å². The number of carbonyl (C=O) groups excluding carboxylic acids is 1. The summed E-state index contributed by atoms with van der Waals surface area (Å²) in [5, 5.41) is 23.4. The summed E-state index contributed by atoms with van der Waals surface area (Å²) in [6.45, 7) is 11.1.